The number of rotatable bonds is 8. The molecule has 2 N–H and O–H groups in total. The lowest BCUT2D eigenvalue weighted by Crippen LogP contribution is -2.43. The molecule has 0 unspecified atom stereocenters. The minimum atomic E-state index is -0.823. The number of amides is 3. The molecule has 1 aliphatic rings. The van der Waals surface area contributed by atoms with Crippen LogP contribution in [-0.2, 0) is 19.1 Å². The standard InChI is InChI=1S/C22H22ClN3O7/c1-31-17-8-7-13(9-18(17)32-2)21(29)25-26-11-14(10-20(26)28)22(30)33-12-19(27)24-16-6-4-3-5-15(16)23/h3-9,14H,10-12H2,1-2H3,(H,24,27)(H,25,29)/t14-/m0/s1. The lowest BCUT2D eigenvalue weighted by molar-refractivity contribution is -0.151. The molecule has 2 aromatic rings. The van der Waals surface area contributed by atoms with Gasteiger partial charge >= 0.3 is 5.97 Å². The molecular weight excluding hydrogens is 454 g/mol. The highest BCUT2D eigenvalue weighted by atomic mass is 35.5. The molecule has 1 saturated heterocycles. The third-order valence-electron chi connectivity index (χ3n) is 4.83. The van der Waals surface area contributed by atoms with Gasteiger partial charge in [0.1, 0.15) is 0 Å². The summed E-state index contributed by atoms with van der Waals surface area (Å²) >= 11 is 5.97. The summed E-state index contributed by atoms with van der Waals surface area (Å²) in [5.74, 6) is -2.32. The van der Waals surface area contributed by atoms with Gasteiger partial charge in [0.05, 0.1) is 37.4 Å². The molecule has 10 nitrogen and oxygen atoms in total. The SMILES string of the molecule is COc1ccc(C(=O)NN2C[C@@H](C(=O)OCC(=O)Nc3ccccc3Cl)CC2=O)cc1OC. The third-order valence-corrected chi connectivity index (χ3v) is 5.16. The van der Waals surface area contributed by atoms with Gasteiger partial charge in [0, 0.05) is 12.0 Å². The van der Waals surface area contributed by atoms with Crippen molar-refractivity contribution < 1.29 is 33.4 Å². The Hall–Kier alpha value is -3.79. The third kappa shape index (κ3) is 5.92. The second-order valence-electron chi connectivity index (χ2n) is 7.05. The van der Waals surface area contributed by atoms with Gasteiger partial charge in [-0.1, -0.05) is 23.7 Å². The normalized spacial score (nSPS) is 15.1. The number of benzene rings is 2. The summed E-state index contributed by atoms with van der Waals surface area (Å²) in [5.41, 5.74) is 3.10. The molecule has 0 aliphatic carbocycles. The second kappa shape index (κ2) is 10.7. The Morgan fingerprint density at radius 3 is 2.52 bits per heavy atom. The predicted molar refractivity (Wildman–Crippen MR) is 118 cm³/mol. The number of hydrogen-bond donors (Lipinski definition) is 2. The quantitative estimate of drug-likeness (QED) is 0.560. The molecule has 0 bridgehead atoms. The number of nitrogens with one attached hydrogen (secondary N) is 2. The molecule has 0 spiro atoms. The highest BCUT2D eigenvalue weighted by molar-refractivity contribution is 6.33. The average molecular weight is 476 g/mol. The van der Waals surface area contributed by atoms with Crippen molar-refractivity contribution in [3.05, 3.63) is 53.1 Å². The molecule has 1 aliphatic heterocycles. The molecule has 3 rings (SSSR count). The Morgan fingerprint density at radius 2 is 1.82 bits per heavy atom. The molecule has 1 atom stereocenters. The number of carbonyl (C=O) groups is 4. The number of nitrogens with zero attached hydrogens (tertiary/aromatic N) is 1. The number of anilines is 1. The molecule has 2 aromatic carbocycles. The number of carbonyl (C=O) groups excluding carboxylic acids is 4. The molecular formula is C22H22ClN3O7. The first kappa shape index (κ1) is 23.9. The van der Waals surface area contributed by atoms with Crippen LogP contribution in [0, 0.1) is 5.92 Å². The van der Waals surface area contributed by atoms with E-state index in [-0.39, 0.29) is 18.5 Å². The largest absolute Gasteiger partial charge is 0.493 e. The van der Waals surface area contributed by atoms with Crippen LogP contribution >= 0.6 is 11.6 Å². The Bertz CT molecular complexity index is 1080. The Morgan fingerprint density at radius 1 is 1.09 bits per heavy atom. The van der Waals surface area contributed by atoms with Crippen LogP contribution in [0.4, 0.5) is 5.69 Å². The first-order valence-corrected chi connectivity index (χ1v) is 10.2. The number of hydrazine groups is 1. The fraction of sp³-hybridized carbons (Fsp3) is 0.273. The summed E-state index contributed by atoms with van der Waals surface area (Å²) in [6, 6.07) is 11.2. The lowest BCUT2D eigenvalue weighted by Gasteiger charge is -2.18. The number of hydrogen-bond acceptors (Lipinski definition) is 7. The minimum absolute atomic E-state index is 0.0805. The monoisotopic (exact) mass is 475 g/mol. The Labute approximate surface area is 194 Å². The van der Waals surface area contributed by atoms with E-state index in [9.17, 15) is 19.2 Å². The lowest BCUT2D eigenvalue weighted by atomic mass is 10.1. The molecule has 0 saturated carbocycles. The molecule has 33 heavy (non-hydrogen) atoms. The topological polar surface area (TPSA) is 123 Å². The van der Waals surface area contributed by atoms with E-state index in [0.29, 0.717) is 22.2 Å². The van der Waals surface area contributed by atoms with Gasteiger partial charge in [-0.2, -0.15) is 0 Å². The van der Waals surface area contributed by atoms with Crippen LogP contribution in [0.15, 0.2) is 42.5 Å². The number of halogens is 1. The van der Waals surface area contributed by atoms with E-state index in [1.165, 1.54) is 26.4 Å². The van der Waals surface area contributed by atoms with Crippen molar-refractivity contribution in [1.29, 1.82) is 0 Å². The molecule has 11 heteroatoms. The van der Waals surface area contributed by atoms with Crippen molar-refractivity contribution in [3.8, 4) is 11.5 Å². The van der Waals surface area contributed by atoms with E-state index in [1.807, 2.05) is 0 Å². The highest BCUT2D eigenvalue weighted by Gasteiger charge is 2.36. The van der Waals surface area contributed by atoms with Crippen LogP contribution in [0.25, 0.3) is 0 Å². The van der Waals surface area contributed by atoms with Crippen LogP contribution in [0.5, 0.6) is 11.5 Å². The summed E-state index contributed by atoms with van der Waals surface area (Å²) in [4.78, 5) is 49.1. The molecule has 1 heterocycles. The van der Waals surface area contributed by atoms with Crippen molar-refractivity contribution >= 4 is 41.0 Å². The maximum atomic E-state index is 12.5. The molecule has 174 valence electrons. The number of methoxy groups -OCH3 is 2. The molecule has 3 amide bonds. The summed E-state index contributed by atoms with van der Waals surface area (Å²) in [7, 11) is 2.91. The maximum Gasteiger partial charge on any atom is 0.311 e. The fourth-order valence-electron chi connectivity index (χ4n) is 3.14. The van der Waals surface area contributed by atoms with Gasteiger partial charge < -0.3 is 19.5 Å². The maximum absolute atomic E-state index is 12.5. The van der Waals surface area contributed by atoms with E-state index in [4.69, 9.17) is 25.8 Å². The van der Waals surface area contributed by atoms with E-state index in [1.54, 1.807) is 30.3 Å². The zero-order valence-corrected chi connectivity index (χ0v) is 18.7. The van der Waals surface area contributed by atoms with E-state index in [2.05, 4.69) is 10.7 Å². The van der Waals surface area contributed by atoms with Gasteiger partial charge in [-0.05, 0) is 30.3 Å². The first-order chi connectivity index (χ1) is 15.8. The summed E-state index contributed by atoms with van der Waals surface area (Å²) < 4.78 is 15.3. The second-order valence-corrected chi connectivity index (χ2v) is 7.46. The van der Waals surface area contributed by atoms with Gasteiger partial charge in [-0.25, -0.2) is 0 Å². The van der Waals surface area contributed by atoms with Gasteiger partial charge in [-0.3, -0.25) is 29.6 Å². The first-order valence-electron chi connectivity index (χ1n) is 9.86. The van der Waals surface area contributed by atoms with Gasteiger partial charge in [-0.15, -0.1) is 0 Å². The zero-order valence-electron chi connectivity index (χ0n) is 17.9. The van der Waals surface area contributed by atoms with Crippen LogP contribution in [0.3, 0.4) is 0 Å². The van der Waals surface area contributed by atoms with Crippen LogP contribution in [0.1, 0.15) is 16.8 Å². The Balaban J connectivity index is 1.52. The fourth-order valence-corrected chi connectivity index (χ4v) is 3.32. The van der Waals surface area contributed by atoms with Crippen LogP contribution < -0.4 is 20.2 Å². The van der Waals surface area contributed by atoms with Gasteiger partial charge in [0.25, 0.3) is 11.8 Å². The van der Waals surface area contributed by atoms with E-state index < -0.39 is 36.2 Å². The van der Waals surface area contributed by atoms with Crippen molar-refractivity contribution in [2.75, 3.05) is 32.7 Å². The average Bonchev–Trinajstić information content (AvgIpc) is 3.18. The van der Waals surface area contributed by atoms with Crippen molar-refractivity contribution in [2.24, 2.45) is 5.92 Å². The molecule has 0 radical (unpaired) electrons. The predicted octanol–water partition coefficient (Wildman–Crippen LogP) is 2.03. The summed E-state index contributed by atoms with van der Waals surface area (Å²) in [5, 5.41) is 3.93. The van der Waals surface area contributed by atoms with Gasteiger partial charge in [0.15, 0.2) is 18.1 Å². The number of esters is 1. The highest BCUT2D eigenvalue weighted by Crippen LogP contribution is 2.28. The van der Waals surface area contributed by atoms with E-state index in [0.717, 1.165) is 5.01 Å². The molecule has 0 aromatic heterocycles. The van der Waals surface area contributed by atoms with Gasteiger partial charge in [0.2, 0.25) is 5.91 Å². The van der Waals surface area contributed by atoms with Crippen molar-refractivity contribution in [1.82, 2.24) is 10.4 Å². The van der Waals surface area contributed by atoms with Crippen LogP contribution in [0.2, 0.25) is 5.02 Å². The number of para-hydroxylation sites is 1. The summed E-state index contributed by atoms with van der Waals surface area (Å²) in [6.45, 7) is -0.615. The number of ether oxygens (including phenoxy) is 3. The molecule has 1 fully saturated rings. The van der Waals surface area contributed by atoms with E-state index >= 15 is 0 Å². The minimum Gasteiger partial charge on any atom is -0.493 e. The van der Waals surface area contributed by atoms with Crippen molar-refractivity contribution in [2.45, 2.75) is 6.42 Å². The Kier molecular flexibility index (Phi) is 7.73. The zero-order chi connectivity index (χ0) is 24.0. The van der Waals surface area contributed by atoms with Crippen molar-refractivity contribution in [3.63, 3.8) is 0 Å². The summed E-state index contributed by atoms with van der Waals surface area (Å²) in [6.07, 6.45) is -0.156. The van der Waals surface area contributed by atoms with Crippen LogP contribution in [-0.4, -0.2) is 56.1 Å². The smallest absolute Gasteiger partial charge is 0.311 e.